The number of benzene rings is 1. The fourth-order valence-electron chi connectivity index (χ4n) is 2.09. The Morgan fingerprint density at radius 3 is 2.80 bits per heavy atom. The van der Waals surface area contributed by atoms with Gasteiger partial charge in [0, 0.05) is 17.3 Å². The van der Waals surface area contributed by atoms with Crippen LogP contribution in [0, 0.1) is 6.92 Å². The molecule has 0 saturated carbocycles. The molecule has 0 saturated heterocycles. The highest BCUT2D eigenvalue weighted by atomic mass is 35.5. The first-order valence-electron chi connectivity index (χ1n) is 6.17. The molecule has 0 radical (unpaired) electrons. The smallest absolute Gasteiger partial charge is 0.224 e. The Bertz CT molecular complexity index is 756. The fourth-order valence-corrected chi connectivity index (χ4v) is 3.09. The van der Waals surface area contributed by atoms with Gasteiger partial charge in [0.2, 0.25) is 5.28 Å². The minimum atomic E-state index is 0.270. The standard InChI is InChI=1S/C14H13ClN4S/c1-9-12(20-8-16-9)7-19(2)13-10-5-3-4-6-11(10)17-14(15)18-13/h3-6,8H,7H2,1-2H3. The number of aromatic nitrogens is 3. The van der Waals surface area contributed by atoms with Crippen molar-refractivity contribution in [1.82, 2.24) is 15.0 Å². The lowest BCUT2D eigenvalue weighted by molar-refractivity contribution is 0.903. The van der Waals surface area contributed by atoms with Crippen molar-refractivity contribution in [2.75, 3.05) is 11.9 Å². The Morgan fingerprint density at radius 2 is 2.05 bits per heavy atom. The second kappa shape index (κ2) is 5.34. The zero-order chi connectivity index (χ0) is 14.1. The Labute approximate surface area is 126 Å². The van der Waals surface area contributed by atoms with Crippen LogP contribution in [-0.4, -0.2) is 22.0 Å². The van der Waals surface area contributed by atoms with Gasteiger partial charge in [0.05, 0.1) is 23.3 Å². The number of para-hydroxylation sites is 1. The SMILES string of the molecule is Cc1ncsc1CN(C)c1nc(Cl)nc2ccccc12. The molecule has 2 heterocycles. The quantitative estimate of drug-likeness (QED) is 0.692. The molecule has 0 aliphatic heterocycles. The number of aryl methyl sites for hydroxylation is 1. The van der Waals surface area contributed by atoms with Gasteiger partial charge in [-0.1, -0.05) is 12.1 Å². The van der Waals surface area contributed by atoms with Gasteiger partial charge in [-0.3, -0.25) is 0 Å². The summed E-state index contributed by atoms with van der Waals surface area (Å²) in [7, 11) is 2.00. The van der Waals surface area contributed by atoms with E-state index in [9.17, 15) is 0 Å². The summed E-state index contributed by atoms with van der Waals surface area (Å²) in [5.74, 6) is 0.841. The first kappa shape index (κ1) is 13.3. The van der Waals surface area contributed by atoms with E-state index in [1.165, 1.54) is 4.88 Å². The molecule has 6 heteroatoms. The molecule has 0 fully saturated rings. The normalized spacial score (nSPS) is 10.9. The number of thiazole rings is 1. The molecule has 1 aromatic carbocycles. The number of rotatable bonds is 3. The number of hydrogen-bond acceptors (Lipinski definition) is 5. The summed E-state index contributed by atoms with van der Waals surface area (Å²) in [5.41, 5.74) is 3.78. The number of nitrogens with zero attached hydrogens (tertiary/aromatic N) is 4. The second-order valence-electron chi connectivity index (χ2n) is 4.55. The molecule has 0 bridgehead atoms. The van der Waals surface area contributed by atoms with E-state index in [1.54, 1.807) is 11.3 Å². The first-order chi connectivity index (χ1) is 9.65. The van der Waals surface area contributed by atoms with Crippen molar-refractivity contribution in [3.63, 3.8) is 0 Å². The van der Waals surface area contributed by atoms with Gasteiger partial charge in [-0.05, 0) is 30.7 Å². The van der Waals surface area contributed by atoms with Crippen LogP contribution in [0.15, 0.2) is 29.8 Å². The fraction of sp³-hybridized carbons (Fsp3) is 0.214. The molecule has 3 aromatic rings. The Hall–Kier alpha value is -1.72. The molecular formula is C14H13ClN4S. The number of hydrogen-bond donors (Lipinski definition) is 0. The van der Waals surface area contributed by atoms with Gasteiger partial charge < -0.3 is 4.90 Å². The summed E-state index contributed by atoms with van der Waals surface area (Å²) in [6.07, 6.45) is 0. The highest BCUT2D eigenvalue weighted by Crippen LogP contribution is 2.26. The number of fused-ring (bicyclic) bond motifs is 1. The van der Waals surface area contributed by atoms with E-state index in [-0.39, 0.29) is 5.28 Å². The molecule has 2 aromatic heterocycles. The van der Waals surface area contributed by atoms with Crippen molar-refractivity contribution in [1.29, 1.82) is 0 Å². The molecule has 0 unspecified atom stereocenters. The Kier molecular flexibility index (Phi) is 3.54. The van der Waals surface area contributed by atoms with Crippen LogP contribution in [0.25, 0.3) is 10.9 Å². The van der Waals surface area contributed by atoms with Crippen LogP contribution in [0.3, 0.4) is 0 Å². The van der Waals surface area contributed by atoms with Gasteiger partial charge in [0.1, 0.15) is 5.82 Å². The van der Waals surface area contributed by atoms with Crippen LogP contribution in [0.4, 0.5) is 5.82 Å². The molecule has 3 rings (SSSR count). The first-order valence-corrected chi connectivity index (χ1v) is 7.43. The topological polar surface area (TPSA) is 41.9 Å². The molecule has 0 aliphatic rings. The molecule has 0 spiro atoms. The van der Waals surface area contributed by atoms with Crippen molar-refractivity contribution in [3.8, 4) is 0 Å². The Morgan fingerprint density at radius 1 is 1.25 bits per heavy atom. The minimum Gasteiger partial charge on any atom is -0.354 e. The maximum Gasteiger partial charge on any atom is 0.224 e. The highest BCUT2D eigenvalue weighted by molar-refractivity contribution is 7.09. The summed E-state index contributed by atoms with van der Waals surface area (Å²) >= 11 is 7.68. The summed E-state index contributed by atoms with van der Waals surface area (Å²) in [6, 6.07) is 7.88. The average molecular weight is 305 g/mol. The van der Waals surface area contributed by atoms with Gasteiger partial charge in [-0.2, -0.15) is 4.98 Å². The van der Waals surface area contributed by atoms with E-state index in [2.05, 4.69) is 19.9 Å². The molecular weight excluding hydrogens is 292 g/mol. The summed E-state index contributed by atoms with van der Waals surface area (Å²) in [4.78, 5) is 16.2. The van der Waals surface area contributed by atoms with Crippen molar-refractivity contribution < 1.29 is 0 Å². The van der Waals surface area contributed by atoms with Gasteiger partial charge in [-0.15, -0.1) is 11.3 Å². The van der Waals surface area contributed by atoms with E-state index < -0.39 is 0 Å². The molecule has 0 aliphatic carbocycles. The van der Waals surface area contributed by atoms with Crippen LogP contribution in [0.2, 0.25) is 5.28 Å². The van der Waals surface area contributed by atoms with Gasteiger partial charge in [-0.25, -0.2) is 9.97 Å². The zero-order valence-electron chi connectivity index (χ0n) is 11.2. The van der Waals surface area contributed by atoms with Crippen LogP contribution in [0.5, 0.6) is 0 Å². The van der Waals surface area contributed by atoms with Crippen molar-refractivity contribution >= 4 is 39.7 Å². The number of anilines is 1. The van der Waals surface area contributed by atoms with E-state index >= 15 is 0 Å². The average Bonchev–Trinajstić information content (AvgIpc) is 2.83. The predicted octanol–water partition coefficient (Wildman–Crippen LogP) is 3.68. The third-order valence-corrected chi connectivity index (χ3v) is 4.23. The van der Waals surface area contributed by atoms with Gasteiger partial charge in [0.15, 0.2) is 0 Å². The van der Waals surface area contributed by atoms with Crippen LogP contribution >= 0.6 is 22.9 Å². The molecule has 4 nitrogen and oxygen atoms in total. The maximum atomic E-state index is 6.02. The maximum absolute atomic E-state index is 6.02. The van der Waals surface area contributed by atoms with Crippen molar-refractivity contribution in [2.45, 2.75) is 13.5 Å². The van der Waals surface area contributed by atoms with E-state index in [0.29, 0.717) is 0 Å². The van der Waals surface area contributed by atoms with Crippen LogP contribution in [0.1, 0.15) is 10.6 Å². The van der Waals surface area contributed by atoms with Crippen molar-refractivity contribution in [3.05, 3.63) is 45.6 Å². The summed E-state index contributed by atoms with van der Waals surface area (Å²) in [6.45, 7) is 2.78. The lowest BCUT2D eigenvalue weighted by Crippen LogP contribution is -2.18. The third-order valence-electron chi connectivity index (χ3n) is 3.14. The Balaban J connectivity index is 2.03. The van der Waals surface area contributed by atoms with E-state index in [0.717, 1.165) is 29.0 Å². The predicted molar refractivity (Wildman–Crippen MR) is 83.5 cm³/mol. The zero-order valence-corrected chi connectivity index (χ0v) is 12.7. The third kappa shape index (κ3) is 2.46. The monoisotopic (exact) mass is 304 g/mol. The lowest BCUT2D eigenvalue weighted by Gasteiger charge is -2.19. The summed E-state index contributed by atoms with van der Waals surface area (Å²) < 4.78 is 0. The summed E-state index contributed by atoms with van der Waals surface area (Å²) in [5, 5.41) is 1.27. The van der Waals surface area contributed by atoms with E-state index in [1.807, 2.05) is 43.7 Å². The van der Waals surface area contributed by atoms with Crippen LogP contribution < -0.4 is 4.90 Å². The van der Waals surface area contributed by atoms with Gasteiger partial charge >= 0.3 is 0 Å². The molecule has 0 N–H and O–H groups in total. The second-order valence-corrected chi connectivity index (χ2v) is 5.83. The lowest BCUT2D eigenvalue weighted by atomic mass is 10.2. The van der Waals surface area contributed by atoms with Crippen LogP contribution in [-0.2, 0) is 6.54 Å². The minimum absolute atomic E-state index is 0.270. The van der Waals surface area contributed by atoms with Gasteiger partial charge in [0.25, 0.3) is 0 Å². The largest absolute Gasteiger partial charge is 0.354 e. The highest BCUT2D eigenvalue weighted by Gasteiger charge is 2.12. The molecule has 0 amide bonds. The molecule has 0 atom stereocenters. The molecule has 102 valence electrons. The molecule has 20 heavy (non-hydrogen) atoms. The number of halogens is 1. The van der Waals surface area contributed by atoms with Crippen molar-refractivity contribution in [2.24, 2.45) is 0 Å². The van der Waals surface area contributed by atoms with E-state index in [4.69, 9.17) is 11.6 Å².